The molecule has 0 aliphatic carbocycles. The number of aliphatic hydroxyl groups excluding tert-OH is 1. The van der Waals surface area contributed by atoms with Gasteiger partial charge in [-0.1, -0.05) is 19.1 Å². The molecule has 1 unspecified atom stereocenters. The van der Waals surface area contributed by atoms with Gasteiger partial charge >= 0.3 is 0 Å². The number of amides is 1. The highest BCUT2D eigenvalue weighted by molar-refractivity contribution is 6.51. The number of ether oxygens (including phenoxy) is 1. The number of furan rings is 1. The Morgan fingerprint density at radius 2 is 1.94 bits per heavy atom. The monoisotopic (exact) mass is 439 g/mol. The van der Waals surface area contributed by atoms with E-state index in [4.69, 9.17) is 9.15 Å². The van der Waals surface area contributed by atoms with Crippen LogP contribution in [0, 0.1) is 11.6 Å². The molecular formula is C24H19F2NO5. The summed E-state index contributed by atoms with van der Waals surface area (Å²) in [5, 5.41) is 11.0. The second-order valence-electron chi connectivity index (χ2n) is 7.16. The van der Waals surface area contributed by atoms with E-state index in [0.29, 0.717) is 12.4 Å². The lowest BCUT2D eigenvalue weighted by molar-refractivity contribution is -0.132. The Labute approximate surface area is 182 Å². The number of carbonyl (C=O) groups is 2. The van der Waals surface area contributed by atoms with Crippen molar-refractivity contribution in [3.63, 3.8) is 0 Å². The van der Waals surface area contributed by atoms with Crippen molar-refractivity contribution in [2.75, 3.05) is 11.5 Å². The summed E-state index contributed by atoms with van der Waals surface area (Å²) in [7, 11) is 0. The summed E-state index contributed by atoms with van der Waals surface area (Å²) in [6, 6.07) is 10.7. The van der Waals surface area contributed by atoms with Crippen molar-refractivity contribution in [1.82, 2.24) is 0 Å². The highest BCUT2D eigenvalue weighted by Crippen LogP contribution is 2.43. The van der Waals surface area contributed by atoms with Gasteiger partial charge in [0.2, 0.25) is 0 Å². The molecule has 2 heterocycles. The Kier molecular flexibility index (Phi) is 5.77. The van der Waals surface area contributed by atoms with Crippen molar-refractivity contribution >= 4 is 23.1 Å². The van der Waals surface area contributed by atoms with Gasteiger partial charge in [0.05, 0.1) is 24.1 Å². The molecule has 0 spiro atoms. The zero-order valence-electron chi connectivity index (χ0n) is 17.0. The van der Waals surface area contributed by atoms with E-state index in [-0.39, 0.29) is 16.9 Å². The van der Waals surface area contributed by atoms with Crippen molar-refractivity contribution in [2.45, 2.75) is 19.4 Å². The minimum absolute atomic E-state index is 0.104. The van der Waals surface area contributed by atoms with Gasteiger partial charge in [-0.25, -0.2) is 8.78 Å². The van der Waals surface area contributed by atoms with Crippen molar-refractivity contribution in [3.8, 4) is 5.75 Å². The van der Waals surface area contributed by atoms with Crippen molar-refractivity contribution in [3.05, 3.63) is 89.4 Å². The molecule has 0 bridgehead atoms. The Hall–Kier alpha value is -3.94. The molecule has 1 atom stereocenters. The minimum atomic E-state index is -1.29. The topological polar surface area (TPSA) is 80.0 Å². The van der Waals surface area contributed by atoms with Gasteiger partial charge in [-0.2, -0.15) is 0 Å². The van der Waals surface area contributed by atoms with Gasteiger partial charge in [-0.15, -0.1) is 0 Å². The predicted octanol–water partition coefficient (Wildman–Crippen LogP) is 4.97. The highest BCUT2D eigenvalue weighted by atomic mass is 19.1. The van der Waals surface area contributed by atoms with Crippen LogP contribution in [0.25, 0.3) is 5.76 Å². The number of ketones is 1. The van der Waals surface area contributed by atoms with E-state index < -0.39 is 40.8 Å². The van der Waals surface area contributed by atoms with Crippen LogP contribution in [0.1, 0.15) is 30.7 Å². The molecule has 0 radical (unpaired) electrons. The number of rotatable bonds is 6. The highest BCUT2D eigenvalue weighted by Gasteiger charge is 2.49. The van der Waals surface area contributed by atoms with Crippen LogP contribution in [0.5, 0.6) is 5.75 Å². The minimum Gasteiger partial charge on any atom is -0.507 e. The maximum atomic E-state index is 14.6. The van der Waals surface area contributed by atoms with E-state index in [2.05, 4.69) is 0 Å². The summed E-state index contributed by atoms with van der Waals surface area (Å²) < 4.78 is 39.4. The van der Waals surface area contributed by atoms with Crippen LogP contribution < -0.4 is 9.64 Å². The first-order chi connectivity index (χ1) is 15.4. The first-order valence-electron chi connectivity index (χ1n) is 9.95. The quantitative estimate of drug-likeness (QED) is 0.333. The average Bonchev–Trinajstić information content (AvgIpc) is 3.41. The maximum absolute atomic E-state index is 14.6. The third-order valence-corrected chi connectivity index (χ3v) is 5.01. The second-order valence-corrected chi connectivity index (χ2v) is 7.16. The normalized spacial score (nSPS) is 17.7. The van der Waals surface area contributed by atoms with E-state index in [9.17, 15) is 23.5 Å². The van der Waals surface area contributed by atoms with E-state index in [1.807, 2.05) is 6.92 Å². The molecule has 1 fully saturated rings. The van der Waals surface area contributed by atoms with Gasteiger partial charge in [0.15, 0.2) is 0 Å². The maximum Gasteiger partial charge on any atom is 0.300 e. The van der Waals surface area contributed by atoms with Gasteiger partial charge in [-0.05, 0) is 42.8 Å². The zero-order chi connectivity index (χ0) is 22.8. The SMILES string of the molecule is CCCOc1cccc(/C(O)=C2/C(=O)C(=O)N(c3cc(F)ccc3F)C2c2ccco2)c1. The molecule has 2 aromatic carbocycles. The summed E-state index contributed by atoms with van der Waals surface area (Å²) in [6.45, 7) is 2.40. The molecule has 8 heteroatoms. The van der Waals surface area contributed by atoms with E-state index in [1.165, 1.54) is 24.5 Å². The number of hydrogen-bond acceptors (Lipinski definition) is 5. The molecule has 1 aliphatic heterocycles. The van der Waals surface area contributed by atoms with Gasteiger partial charge < -0.3 is 14.3 Å². The standard InChI is InChI=1S/C24H19F2NO5/c1-2-10-31-16-6-3-5-14(12-16)22(28)20-21(19-7-4-11-32-19)27(24(30)23(20)29)18-13-15(25)8-9-17(18)26/h3-9,11-13,21,28H,2,10H2,1H3/b22-20-. The Morgan fingerprint density at radius 3 is 2.66 bits per heavy atom. The number of nitrogens with zero attached hydrogens (tertiary/aromatic N) is 1. The van der Waals surface area contributed by atoms with Crippen molar-refractivity contribution in [1.29, 1.82) is 0 Å². The average molecular weight is 439 g/mol. The van der Waals surface area contributed by atoms with Crippen molar-refractivity contribution in [2.24, 2.45) is 0 Å². The van der Waals surface area contributed by atoms with Crippen molar-refractivity contribution < 1.29 is 32.6 Å². The predicted molar refractivity (Wildman–Crippen MR) is 112 cm³/mol. The number of Topliss-reactive ketones (excluding diaryl/α,β-unsaturated/α-hetero) is 1. The zero-order valence-corrected chi connectivity index (χ0v) is 17.0. The lowest BCUT2D eigenvalue weighted by Gasteiger charge is -2.23. The molecular weight excluding hydrogens is 420 g/mol. The van der Waals surface area contributed by atoms with E-state index in [1.54, 1.807) is 18.2 Å². The van der Waals surface area contributed by atoms with Crippen LogP contribution in [-0.4, -0.2) is 23.4 Å². The molecule has 6 nitrogen and oxygen atoms in total. The molecule has 164 valence electrons. The van der Waals surface area contributed by atoms with E-state index >= 15 is 0 Å². The molecule has 1 aromatic heterocycles. The summed E-state index contributed by atoms with van der Waals surface area (Å²) in [5.41, 5.74) is -0.512. The molecule has 4 rings (SSSR count). The van der Waals surface area contributed by atoms with Crippen LogP contribution in [-0.2, 0) is 9.59 Å². The van der Waals surface area contributed by atoms with Crippen LogP contribution in [0.4, 0.5) is 14.5 Å². The number of carbonyl (C=O) groups excluding carboxylic acids is 2. The molecule has 1 N–H and O–H groups in total. The lowest BCUT2D eigenvalue weighted by atomic mass is 9.99. The van der Waals surface area contributed by atoms with Gasteiger partial charge in [0, 0.05) is 11.6 Å². The first kappa shape index (κ1) is 21.3. The summed E-state index contributed by atoms with van der Waals surface area (Å²) >= 11 is 0. The third kappa shape index (κ3) is 3.75. The number of benzene rings is 2. The fourth-order valence-electron chi connectivity index (χ4n) is 3.58. The van der Waals surface area contributed by atoms with Crippen LogP contribution >= 0.6 is 0 Å². The summed E-state index contributed by atoms with van der Waals surface area (Å²) in [5.74, 6) is -3.76. The van der Waals surface area contributed by atoms with Gasteiger partial charge in [0.1, 0.15) is 34.9 Å². The number of aliphatic hydroxyl groups is 1. The van der Waals surface area contributed by atoms with Crippen LogP contribution in [0.2, 0.25) is 0 Å². The number of hydrogen-bond donors (Lipinski definition) is 1. The third-order valence-electron chi connectivity index (χ3n) is 5.01. The van der Waals surface area contributed by atoms with Crippen LogP contribution in [0.3, 0.4) is 0 Å². The van der Waals surface area contributed by atoms with Crippen LogP contribution in [0.15, 0.2) is 70.9 Å². The Bertz CT molecular complexity index is 1200. The lowest BCUT2D eigenvalue weighted by Crippen LogP contribution is -2.30. The van der Waals surface area contributed by atoms with Gasteiger partial charge in [0.25, 0.3) is 11.7 Å². The Morgan fingerprint density at radius 1 is 1.12 bits per heavy atom. The Balaban J connectivity index is 1.88. The number of anilines is 1. The molecule has 1 aliphatic rings. The summed E-state index contributed by atoms with van der Waals surface area (Å²) in [4.78, 5) is 26.7. The molecule has 32 heavy (non-hydrogen) atoms. The molecule has 1 saturated heterocycles. The summed E-state index contributed by atoms with van der Waals surface area (Å²) in [6.07, 6.45) is 2.09. The fourth-order valence-corrected chi connectivity index (χ4v) is 3.58. The number of halogens is 2. The molecule has 3 aromatic rings. The van der Waals surface area contributed by atoms with Gasteiger partial charge in [-0.3, -0.25) is 14.5 Å². The fraction of sp³-hybridized carbons (Fsp3) is 0.167. The molecule has 0 saturated carbocycles. The largest absolute Gasteiger partial charge is 0.507 e. The second kappa shape index (κ2) is 8.66. The molecule has 1 amide bonds. The smallest absolute Gasteiger partial charge is 0.300 e. The van der Waals surface area contributed by atoms with E-state index in [0.717, 1.165) is 29.5 Å². The first-order valence-corrected chi connectivity index (χ1v) is 9.95.